The summed E-state index contributed by atoms with van der Waals surface area (Å²) in [6.45, 7) is 1.79. The first-order valence-corrected chi connectivity index (χ1v) is 8.38. The van der Waals surface area contributed by atoms with Gasteiger partial charge in [0.2, 0.25) is 5.91 Å². The fourth-order valence-corrected chi connectivity index (χ4v) is 2.84. The van der Waals surface area contributed by atoms with Crippen LogP contribution in [0.15, 0.2) is 23.1 Å². The second-order valence-corrected chi connectivity index (χ2v) is 6.98. The fraction of sp³-hybridized carbons (Fsp3) is 0.462. The number of nitrogens with zero attached hydrogens (tertiary/aromatic N) is 1. The molecule has 110 valence electrons. The van der Waals surface area contributed by atoms with Crippen molar-refractivity contribution in [2.24, 2.45) is 0 Å². The summed E-state index contributed by atoms with van der Waals surface area (Å²) >= 11 is 0. The highest BCUT2D eigenvalue weighted by Gasteiger charge is 2.17. The summed E-state index contributed by atoms with van der Waals surface area (Å²) in [4.78, 5) is 13.9. The molecule has 0 bridgehead atoms. The molecule has 1 aliphatic rings. The smallest absolute Gasteiger partial charge is 0.241 e. The van der Waals surface area contributed by atoms with Gasteiger partial charge in [0.1, 0.15) is 0 Å². The maximum absolute atomic E-state index is 11.9. The molecule has 1 amide bonds. The largest absolute Gasteiger partial charge is 0.397 e. The molecule has 0 spiro atoms. The molecule has 0 aromatic heterocycles. The number of nitrogen functional groups attached to an aromatic ring is 1. The molecule has 1 heterocycles. The van der Waals surface area contributed by atoms with Crippen molar-refractivity contribution >= 4 is 27.1 Å². The molecule has 2 rings (SSSR count). The summed E-state index contributed by atoms with van der Waals surface area (Å²) in [6.07, 6.45) is 3.24. The zero-order chi connectivity index (χ0) is 14.8. The van der Waals surface area contributed by atoms with Gasteiger partial charge in [0.05, 0.1) is 22.8 Å². The summed E-state index contributed by atoms with van der Waals surface area (Å²) in [5.41, 5.74) is 6.70. The number of carbonyl (C=O) groups is 1. The van der Waals surface area contributed by atoms with Crippen molar-refractivity contribution in [3.05, 3.63) is 18.2 Å². The average molecular weight is 297 g/mol. The van der Waals surface area contributed by atoms with Crippen molar-refractivity contribution in [3.63, 3.8) is 0 Å². The number of carbonyl (C=O) groups excluding carboxylic acids is 1. The standard InChI is InChI=1S/C13H19N3O3S/c1-20(18,19)10-4-5-12(11(14)8-10)15-9-13(17)16-6-2-3-7-16/h4-5,8,15H,2-3,6-7,9,14H2,1H3. The molecule has 6 nitrogen and oxygen atoms in total. The van der Waals surface area contributed by atoms with E-state index in [0.29, 0.717) is 11.4 Å². The van der Waals surface area contributed by atoms with Crippen LogP contribution in [0.4, 0.5) is 11.4 Å². The van der Waals surface area contributed by atoms with Gasteiger partial charge in [-0.1, -0.05) is 0 Å². The monoisotopic (exact) mass is 297 g/mol. The Morgan fingerprint density at radius 3 is 2.55 bits per heavy atom. The molecule has 1 aromatic carbocycles. The molecule has 20 heavy (non-hydrogen) atoms. The van der Waals surface area contributed by atoms with Crippen molar-refractivity contribution in [3.8, 4) is 0 Å². The van der Waals surface area contributed by atoms with E-state index in [0.717, 1.165) is 32.2 Å². The molecular formula is C13H19N3O3S. The van der Waals surface area contributed by atoms with Crippen molar-refractivity contribution in [1.82, 2.24) is 4.90 Å². The van der Waals surface area contributed by atoms with E-state index in [-0.39, 0.29) is 17.3 Å². The third kappa shape index (κ3) is 3.41. The highest BCUT2D eigenvalue weighted by molar-refractivity contribution is 7.90. The van der Waals surface area contributed by atoms with Crippen LogP contribution >= 0.6 is 0 Å². The lowest BCUT2D eigenvalue weighted by Crippen LogP contribution is -2.33. The van der Waals surface area contributed by atoms with Gasteiger partial charge < -0.3 is 16.0 Å². The summed E-state index contributed by atoms with van der Waals surface area (Å²) in [5, 5.41) is 2.96. The summed E-state index contributed by atoms with van der Waals surface area (Å²) in [5.74, 6) is 0.0362. The van der Waals surface area contributed by atoms with Crippen LogP contribution in [0.5, 0.6) is 0 Å². The van der Waals surface area contributed by atoms with Gasteiger partial charge >= 0.3 is 0 Å². The molecule has 0 radical (unpaired) electrons. The minimum atomic E-state index is -3.27. The molecule has 0 aliphatic carbocycles. The molecule has 1 aromatic rings. The van der Waals surface area contributed by atoms with E-state index < -0.39 is 9.84 Å². The lowest BCUT2D eigenvalue weighted by Gasteiger charge is -2.16. The Kier molecular flexibility index (Phi) is 4.17. The molecule has 0 unspecified atom stereocenters. The van der Waals surface area contributed by atoms with Gasteiger partial charge in [-0.25, -0.2) is 8.42 Å². The van der Waals surface area contributed by atoms with Crippen LogP contribution in [-0.4, -0.2) is 45.1 Å². The molecular weight excluding hydrogens is 278 g/mol. The fourth-order valence-electron chi connectivity index (χ4n) is 2.18. The Bertz CT molecular complexity index is 607. The summed E-state index contributed by atoms with van der Waals surface area (Å²) in [7, 11) is -3.27. The van der Waals surface area contributed by atoms with Crippen LogP contribution in [0.3, 0.4) is 0 Å². The first-order chi connectivity index (χ1) is 9.38. The van der Waals surface area contributed by atoms with Crippen LogP contribution in [-0.2, 0) is 14.6 Å². The zero-order valence-corrected chi connectivity index (χ0v) is 12.2. The first-order valence-electron chi connectivity index (χ1n) is 6.49. The lowest BCUT2D eigenvalue weighted by molar-refractivity contribution is -0.128. The van der Waals surface area contributed by atoms with Crippen molar-refractivity contribution in [2.75, 3.05) is 36.9 Å². The maximum atomic E-state index is 11.9. The highest BCUT2D eigenvalue weighted by atomic mass is 32.2. The number of hydrogen-bond donors (Lipinski definition) is 2. The van der Waals surface area contributed by atoms with E-state index in [1.807, 2.05) is 4.90 Å². The second-order valence-electron chi connectivity index (χ2n) is 4.96. The minimum absolute atomic E-state index is 0.0362. The van der Waals surface area contributed by atoms with E-state index in [2.05, 4.69) is 5.32 Å². The van der Waals surface area contributed by atoms with Crippen molar-refractivity contribution < 1.29 is 13.2 Å². The van der Waals surface area contributed by atoms with Crippen LogP contribution in [0.25, 0.3) is 0 Å². The Labute approximate surface area is 118 Å². The predicted octanol–water partition coefficient (Wildman–Crippen LogP) is 0.707. The number of likely N-dealkylation sites (tertiary alicyclic amines) is 1. The maximum Gasteiger partial charge on any atom is 0.241 e. The molecule has 1 fully saturated rings. The van der Waals surface area contributed by atoms with E-state index in [1.165, 1.54) is 12.1 Å². The number of nitrogens with one attached hydrogen (secondary N) is 1. The summed E-state index contributed by atoms with van der Waals surface area (Å²) < 4.78 is 22.8. The van der Waals surface area contributed by atoms with Gasteiger partial charge in [0.25, 0.3) is 0 Å². The third-order valence-electron chi connectivity index (χ3n) is 3.34. The van der Waals surface area contributed by atoms with Gasteiger partial charge in [-0.05, 0) is 31.0 Å². The average Bonchev–Trinajstić information content (AvgIpc) is 2.89. The third-order valence-corrected chi connectivity index (χ3v) is 4.45. The quantitative estimate of drug-likeness (QED) is 0.798. The SMILES string of the molecule is CS(=O)(=O)c1ccc(NCC(=O)N2CCCC2)c(N)c1. The molecule has 0 atom stereocenters. The van der Waals surface area contributed by atoms with Crippen LogP contribution in [0.1, 0.15) is 12.8 Å². The van der Waals surface area contributed by atoms with E-state index in [9.17, 15) is 13.2 Å². The minimum Gasteiger partial charge on any atom is -0.397 e. The summed E-state index contributed by atoms with van der Waals surface area (Å²) in [6, 6.07) is 4.47. The number of sulfone groups is 1. The Morgan fingerprint density at radius 2 is 2.00 bits per heavy atom. The number of rotatable bonds is 4. The van der Waals surface area contributed by atoms with E-state index >= 15 is 0 Å². The van der Waals surface area contributed by atoms with Gasteiger partial charge in [-0.3, -0.25) is 4.79 Å². The Morgan fingerprint density at radius 1 is 1.35 bits per heavy atom. The first kappa shape index (κ1) is 14.6. The van der Waals surface area contributed by atoms with E-state index in [1.54, 1.807) is 6.07 Å². The normalized spacial score (nSPS) is 15.3. The van der Waals surface area contributed by atoms with Crippen molar-refractivity contribution in [2.45, 2.75) is 17.7 Å². The van der Waals surface area contributed by atoms with Crippen molar-refractivity contribution in [1.29, 1.82) is 0 Å². The van der Waals surface area contributed by atoms with Gasteiger partial charge in [0, 0.05) is 19.3 Å². The number of anilines is 2. The zero-order valence-electron chi connectivity index (χ0n) is 11.4. The Balaban J connectivity index is 2.01. The highest BCUT2D eigenvalue weighted by Crippen LogP contribution is 2.22. The Hall–Kier alpha value is -1.76. The van der Waals surface area contributed by atoms with Gasteiger partial charge in [-0.2, -0.15) is 0 Å². The molecule has 1 saturated heterocycles. The predicted molar refractivity (Wildman–Crippen MR) is 78.3 cm³/mol. The molecule has 7 heteroatoms. The van der Waals surface area contributed by atoms with E-state index in [4.69, 9.17) is 5.73 Å². The van der Waals surface area contributed by atoms with Gasteiger partial charge in [0.15, 0.2) is 9.84 Å². The molecule has 0 saturated carbocycles. The topological polar surface area (TPSA) is 92.5 Å². The second kappa shape index (κ2) is 5.70. The lowest BCUT2D eigenvalue weighted by atomic mass is 10.2. The number of amides is 1. The van der Waals surface area contributed by atoms with Crippen LogP contribution in [0, 0.1) is 0 Å². The molecule has 3 N–H and O–H groups in total. The number of hydrogen-bond acceptors (Lipinski definition) is 5. The van der Waals surface area contributed by atoms with Crippen LogP contribution in [0.2, 0.25) is 0 Å². The number of benzene rings is 1. The number of nitrogens with two attached hydrogens (primary N) is 1. The molecule has 1 aliphatic heterocycles. The van der Waals surface area contributed by atoms with Gasteiger partial charge in [-0.15, -0.1) is 0 Å². The van der Waals surface area contributed by atoms with Crippen LogP contribution < -0.4 is 11.1 Å².